The van der Waals surface area contributed by atoms with Crippen LogP contribution >= 0.6 is 0 Å². The van der Waals surface area contributed by atoms with Gasteiger partial charge in [-0.2, -0.15) is 0 Å². The number of carbonyl (C=O) groups is 1. The van der Waals surface area contributed by atoms with Crippen molar-refractivity contribution in [2.24, 2.45) is 0 Å². The Morgan fingerprint density at radius 3 is 2.80 bits per heavy atom. The number of fused-ring (bicyclic) bond motifs is 2. The number of carbonyl (C=O) groups excluding carboxylic acids is 1. The number of ether oxygens (including phenoxy) is 4. The normalized spacial score (nSPS) is 17.9. The van der Waals surface area contributed by atoms with Crippen molar-refractivity contribution in [3.8, 4) is 23.0 Å². The molecule has 2 aromatic carbocycles. The van der Waals surface area contributed by atoms with Crippen molar-refractivity contribution in [3.05, 3.63) is 47.5 Å². The summed E-state index contributed by atoms with van der Waals surface area (Å²) in [5.74, 6) is 2.38. The van der Waals surface area contributed by atoms with Gasteiger partial charge in [-0.3, -0.25) is 4.79 Å². The molecule has 0 aliphatic carbocycles. The Morgan fingerprint density at radius 2 is 1.92 bits per heavy atom. The van der Waals surface area contributed by atoms with E-state index >= 15 is 0 Å². The van der Waals surface area contributed by atoms with Crippen molar-refractivity contribution in [3.63, 3.8) is 0 Å². The maximum Gasteiger partial charge on any atom is 0.255 e. The summed E-state index contributed by atoms with van der Waals surface area (Å²) in [6.45, 7) is 1.33. The van der Waals surface area contributed by atoms with Gasteiger partial charge in [0.05, 0.1) is 18.7 Å². The van der Waals surface area contributed by atoms with E-state index < -0.39 is 0 Å². The second-order valence-corrected chi connectivity index (χ2v) is 5.96. The maximum absolute atomic E-state index is 12.7. The largest absolute Gasteiger partial charge is 0.493 e. The summed E-state index contributed by atoms with van der Waals surface area (Å²) in [6.07, 6.45) is 0.685. The SMILES string of the molecule is COc1cccc2c1OCC(NC(=O)c1cccc3c1OCCO3)C2. The van der Waals surface area contributed by atoms with E-state index in [1.165, 1.54) is 0 Å². The number of para-hydroxylation sites is 2. The molecule has 1 unspecified atom stereocenters. The van der Waals surface area contributed by atoms with Gasteiger partial charge in [0, 0.05) is 5.56 Å². The monoisotopic (exact) mass is 341 g/mol. The third-order valence-corrected chi connectivity index (χ3v) is 4.32. The standard InChI is InChI=1S/C19H19NO5/c1-22-15-6-2-4-12-10-13(11-25-17(12)15)20-19(21)14-5-3-7-16-18(14)24-9-8-23-16/h2-7,13H,8-11H2,1H3,(H,20,21). The van der Waals surface area contributed by atoms with Gasteiger partial charge in [0.2, 0.25) is 0 Å². The fourth-order valence-electron chi connectivity index (χ4n) is 3.16. The highest BCUT2D eigenvalue weighted by atomic mass is 16.6. The first-order valence-electron chi connectivity index (χ1n) is 8.24. The molecule has 4 rings (SSSR count). The van der Waals surface area contributed by atoms with Gasteiger partial charge in [-0.25, -0.2) is 0 Å². The highest BCUT2D eigenvalue weighted by Gasteiger charge is 2.26. The molecule has 0 fully saturated rings. The van der Waals surface area contributed by atoms with Crippen LogP contribution in [-0.2, 0) is 6.42 Å². The summed E-state index contributed by atoms with van der Waals surface area (Å²) >= 11 is 0. The van der Waals surface area contributed by atoms with Crippen LogP contribution in [0, 0.1) is 0 Å². The first-order valence-corrected chi connectivity index (χ1v) is 8.24. The fourth-order valence-corrected chi connectivity index (χ4v) is 3.16. The quantitative estimate of drug-likeness (QED) is 0.927. The van der Waals surface area contributed by atoms with E-state index in [2.05, 4.69) is 5.32 Å². The molecule has 1 N–H and O–H groups in total. The van der Waals surface area contributed by atoms with Gasteiger partial charge in [-0.1, -0.05) is 18.2 Å². The number of hydrogen-bond donors (Lipinski definition) is 1. The summed E-state index contributed by atoms with van der Waals surface area (Å²) in [4.78, 5) is 12.7. The van der Waals surface area contributed by atoms with Crippen LogP contribution in [0.4, 0.5) is 0 Å². The molecule has 6 heteroatoms. The summed E-state index contributed by atoms with van der Waals surface area (Å²) in [6, 6.07) is 11.0. The molecule has 6 nitrogen and oxygen atoms in total. The second kappa shape index (κ2) is 6.55. The lowest BCUT2D eigenvalue weighted by atomic mass is 10.0. The van der Waals surface area contributed by atoms with Gasteiger partial charge in [-0.05, 0) is 24.6 Å². The van der Waals surface area contributed by atoms with Crippen LogP contribution in [0.15, 0.2) is 36.4 Å². The predicted octanol–water partition coefficient (Wildman–Crippen LogP) is 2.20. The lowest BCUT2D eigenvalue weighted by molar-refractivity contribution is 0.0903. The highest BCUT2D eigenvalue weighted by Crippen LogP contribution is 2.35. The number of benzene rings is 2. The number of hydrogen-bond acceptors (Lipinski definition) is 5. The topological polar surface area (TPSA) is 66.0 Å². The third-order valence-electron chi connectivity index (χ3n) is 4.32. The zero-order valence-electron chi connectivity index (χ0n) is 13.9. The molecule has 1 atom stereocenters. The molecule has 130 valence electrons. The average molecular weight is 341 g/mol. The maximum atomic E-state index is 12.7. The van der Waals surface area contributed by atoms with Crippen LogP contribution in [0.2, 0.25) is 0 Å². The van der Waals surface area contributed by atoms with E-state index in [1.807, 2.05) is 18.2 Å². The zero-order chi connectivity index (χ0) is 17.2. The highest BCUT2D eigenvalue weighted by molar-refractivity contribution is 5.98. The van der Waals surface area contributed by atoms with Crippen LogP contribution in [0.1, 0.15) is 15.9 Å². The first-order chi connectivity index (χ1) is 12.3. The smallest absolute Gasteiger partial charge is 0.255 e. The predicted molar refractivity (Wildman–Crippen MR) is 90.9 cm³/mol. The zero-order valence-corrected chi connectivity index (χ0v) is 13.9. The average Bonchev–Trinajstić information content (AvgIpc) is 2.66. The minimum Gasteiger partial charge on any atom is -0.493 e. The second-order valence-electron chi connectivity index (χ2n) is 5.96. The number of nitrogens with one attached hydrogen (secondary N) is 1. The number of methoxy groups -OCH3 is 1. The first kappa shape index (κ1) is 15.6. The Labute approximate surface area is 145 Å². The van der Waals surface area contributed by atoms with Crippen LogP contribution in [0.5, 0.6) is 23.0 Å². The van der Waals surface area contributed by atoms with Crippen molar-refractivity contribution < 1.29 is 23.7 Å². The van der Waals surface area contributed by atoms with Gasteiger partial charge in [0.1, 0.15) is 19.8 Å². The van der Waals surface area contributed by atoms with Crippen LogP contribution in [0.25, 0.3) is 0 Å². The molecule has 2 aliphatic rings. The van der Waals surface area contributed by atoms with Gasteiger partial charge in [0.15, 0.2) is 23.0 Å². The Bertz CT molecular complexity index is 804. The molecule has 0 spiro atoms. The summed E-state index contributed by atoms with van der Waals surface area (Å²) in [5.41, 5.74) is 1.50. The Balaban J connectivity index is 1.51. The molecule has 25 heavy (non-hydrogen) atoms. The van der Waals surface area contributed by atoms with Crippen molar-refractivity contribution >= 4 is 5.91 Å². The van der Waals surface area contributed by atoms with Gasteiger partial charge < -0.3 is 24.3 Å². The number of rotatable bonds is 3. The Morgan fingerprint density at radius 1 is 1.08 bits per heavy atom. The molecule has 0 bridgehead atoms. The molecular formula is C19H19NO5. The lowest BCUT2D eigenvalue weighted by Gasteiger charge is -2.27. The Hall–Kier alpha value is -2.89. The van der Waals surface area contributed by atoms with Crippen molar-refractivity contribution in [1.82, 2.24) is 5.32 Å². The lowest BCUT2D eigenvalue weighted by Crippen LogP contribution is -2.43. The van der Waals surface area contributed by atoms with E-state index in [9.17, 15) is 4.79 Å². The molecule has 1 amide bonds. The molecule has 0 saturated carbocycles. The van der Waals surface area contributed by atoms with E-state index in [0.29, 0.717) is 49.1 Å². The molecule has 2 aromatic rings. The van der Waals surface area contributed by atoms with Crippen LogP contribution in [0.3, 0.4) is 0 Å². The van der Waals surface area contributed by atoms with Gasteiger partial charge in [-0.15, -0.1) is 0 Å². The van der Waals surface area contributed by atoms with Crippen molar-refractivity contribution in [2.45, 2.75) is 12.5 Å². The molecule has 0 aromatic heterocycles. The summed E-state index contributed by atoms with van der Waals surface area (Å²) in [7, 11) is 1.62. The van der Waals surface area contributed by atoms with Gasteiger partial charge >= 0.3 is 0 Å². The van der Waals surface area contributed by atoms with Crippen molar-refractivity contribution in [2.75, 3.05) is 26.9 Å². The molecule has 0 saturated heterocycles. The van der Waals surface area contributed by atoms with Gasteiger partial charge in [0.25, 0.3) is 5.91 Å². The minimum atomic E-state index is -0.192. The van der Waals surface area contributed by atoms with E-state index in [4.69, 9.17) is 18.9 Å². The molecule has 2 heterocycles. The minimum absolute atomic E-state index is 0.118. The Kier molecular flexibility index (Phi) is 4.09. The fraction of sp³-hybridized carbons (Fsp3) is 0.316. The van der Waals surface area contributed by atoms with E-state index in [1.54, 1.807) is 25.3 Å². The molecule has 2 aliphatic heterocycles. The summed E-state index contributed by atoms with van der Waals surface area (Å²) < 4.78 is 22.3. The third kappa shape index (κ3) is 2.95. The van der Waals surface area contributed by atoms with Crippen molar-refractivity contribution in [1.29, 1.82) is 0 Å². The van der Waals surface area contributed by atoms with Crippen LogP contribution < -0.4 is 24.3 Å². The molecule has 0 radical (unpaired) electrons. The van der Waals surface area contributed by atoms with Crippen LogP contribution in [-0.4, -0.2) is 38.9 Å². The van der Waals surface area contributed by atoms with E-state index in [-0.39, 0.29) is 11.9 Å². The van der Waals surface area contributed by atoms with E-state index in [0.717, 1.165) is 11.3 Å². The molecular weight excluding hydrogens is 322 g/mol. The summed E-state index contributed by atoms with van der Waals surface area (Å²) in [5, 5.41) is 3.02. The number of amides is 1.